The summed E-state index contributed by atoms with van der Waals surface area (Å²) in [4.78, 5) is 17.6. The maximum absolute atomic E-state index is 14.5. The molecule has 0 amide bonds. The number of aryl methyl sites for hydroxylation is 1. The van der Waals surface area contributed by atoms with E-state index in [0.717, 1.165) is 49.8 Å². The number of alkyl halides is 2. The van der Waals surface area contributed by atoms with Gasteiger partial charge in [-0.2, -0.15) is 0 Å². The van der Waals surface area contributed by atoms with Crippen LogP contribution in [0.4, 0.5) is 14.7 Å². The molecule has 2 N–H and O–H groups in total. The highest BCUT2D eigenvalue weighted by molar-refractivity contribution is 5.84. The predicted octanol–water partition coefficient (Wildman–Crippen LogP) is 4.10. The van der Waals surface area contributed by atoms with Gasteiger partial charge in [0, 0.05) is 43.3 Å². The highest BCUT2D eigenvalue weighted by Gasteiger charge is 2.33. The Bertz CT molecular complexity index is 1180. The van der Waals surface area contributed by atoms with Crippen molar-refractivity contribution in [2.75, 3.05) is 18.4 Å². The van der Waals surface area contributed by atoms with Gasteiger partial charge in [0.25, 0.3) is 5.92 Å². The van der Waals surface area contributed by atoms with Gasteiger partial charge in [-0.05, 0) is 32.4 Å². The summed E-state index contributed by atoms with van der Waals surface area (Å²) in [6.45, 7) is 4.50. The van der Waals surface area contributed by atoms with Crippen molar-refractivity contribution in [2.24, 2.45) is 0 Å². The average molecular weight is 438 g/mol. The van der Waals surface area contributed by atoms with E-state index in [9.17, 15) is 8.78 Å². The number of halogens is 2. The fourth-order valence-electron chi connectivity index (χ4n) is 4.24. The van der Waals surface area contributed by atoms with Crippen molar-refractivity contribution in [3.8, 4) is 11.5 Å². The molecule has 166 valence electrons. The van der Waals surface area contributed by atoms with Gasteiger partial charge >= 0.3 is 0 Å². The van der Waals surface area contributed by atoms with Crippen LogP contribution in [-0.2, 0) is 12.3 Å². The third-order valence-electron chi connectivity index (χ3n) is 5.89. The van der Waals surface area contributed by atoms with Gasteiger partial charge in [0.05, 0.1) is 22.6 Å². The van der Waals surface area contributed by atoms with Crippen molar-refractivity contribution in [3.05, 3.63) is 59.0 Å². The van der Waals surface area contributed by atoms with E-state index in [4.69, 9.17) is 9.40 Å². The van der Waals surface area contributed by atoms with Crippen LogP contribution in [0.5, 0.6) is 0 Å². The molecule has 1 atom stereocenters. The van der Waals surface area contributed by atoms with Crippen LogP contribution >= 0.6 is 0 Å². The van der Waals surface area contributed by atoms with E-state index in [1.54, 1.807) is 0 Å². The van der Waals surface area contributed by atoms with Crippen molar-refractivity contribution in [1.29, 1.82) is 0 Å². The molecule has 32 heavy (non-hydrogen) atoms. The minimum atomic E-state index is -3.08. The molecular formula is C23H24F2N6O. The second kappa shape index (κ2) is 8.05. The molecule has 9 heteroatoms. The third-order valence-corrected chi connectivity index (χ3v) is 5.89. The minimum Gasteiger partial charge on any atom is -0.442 e. The summed E-state index contributed by atoms with van der Waals surface area (Å²) in [5.41, 5.74) is 3.70. The molecule has 4 heterocycles. The maximum atomic E-state index is 14.5. The summed E-state index contributed by atoms with van der Waals surface area (Å²) >= 11 is 0. The number of rotatable bonds is 5. The first kappa shape index (κ1) is 20.7. The number of nitrogens with one attached hydrogen (secondary N) is 2. The Balaban J connectivity index is 1.51. The van der Waals surface area contributed by atoms with Crippen LogP contribution in [-0.4, -0.2) is 39.1 Å². The van der Waals surface area contributed by atoms with Crippen LogP contribution in [0, 0.1) is 6.92 Å². The molecule has 0 aromatic carbocycles. The van der Waals surface area contributed by atoms with Crippen molar-refractivity contribution >= 4 is 11.5 Å². The molecule has 2 aliphatic rings. The van der Waals surface area contributed by atoms with Crippen LogP contribution in [0.2, 0.25) is 0 Å². The van der Waals surface area contributed by atoms with Crippen LogP contribution in [0.15, 0.2) is 35.2 Å². The molecule has 5 rings (SSSR count). The monoisotopic (exact) mass is 438 g/mol. The smallest absolute Gasteiger partial charge is 0.274 e. The van der Waals surface area contributed by atoms with E-state index in [-0.39, 0.29) is 17.3 Å². The van der Waals surface area contributed by atoms with Crippen LogP contribution < -0.4 is 10.6 Å². The highest BCUT2D eigenvalue weighted by atomic mass is 19.3. The number of anilines is 1. The molecule has 1 fully saturated rings. The Morgan fingerprint density at radius 2 is 2.09 bits per heavy atom. The number of hydrogen-bond donors (Lipinski definition) is 2. The number of aromatic nitrogens is 4. The summed E-state index contributed by atoms with van der Waals surface area (Å²) in [6.07, 6.45) is 7.08. The maximum Gasteiger partial charge on any atom is 0.274 e. The van der Waals surface area contributed by atoms with Gasteiger partial charge in [-0.15, -0.1) is 0 Å². The normalized spacial score (nSPS) is 18.4. The van der Waals surface area contributed by atoms with Crippen LogP contribution in [0.25, 0.3) is 17.0 Å². The molecular weight excluding hydrogens is 414 g/mol. The van der Waals surface area contributed by atoms with Crippen molar-refractivity contribution in [1.82, 2.24) is 25.3 Å². The van der Waals surface area contributed by atoms with Crippen LogP contribution in [0.1, 0.15) is 48.0 Å². The Morgan fingerprint density at radius 3 is 2.81 bits per heavy atom. The van der Waals surface area contributed by atoms with E-state index >= 15 is 0 Å². The van der Waals surface area contributed by atoms with Gasteiger partial charge in [-0.3, -0.25) is 0 Å². The summed E-state index contributed by atoms with van der Waals surface area (Å²) in [6, 6.07) is 3.88. The van der Waals surface area contributed by atoms with Gasteiger partial charge in [0.15, 0.2) is 12.2 Å². The zero-order valence-electron chi connectivity index (χ0n) is 18.0. The molecule has 1 aliphatic carbocycles. The van der Waals surface area contributed by atoms with Crippen molar-refractivity contribution in [2.45, 2.75) is 45.1 Å². The molecule has 7 nitrogen and oxygen atoms in total. The largest absolute Gasteiger partial charge is 0.442 e. The fourth-order valence-corrected chi connectivity index (χ4v) is 4.24. The Labute approximate surface area is 184 Å². The molecule has 0 saturated carbocycles. The number of nitrogens with zero attached hydrogens (tertiary/aromatic N) is 4. The SMILES string of the molecule is Cc1ncoc1-c1ccc2c(n1)CC=C2c1nc(N[C@H]2CCCNC2)ncc1C(C)(F)F. The van der Waals surface area contributed by atoms with Gasteiger partial charge < -0.3 is 15.1 Å². The fraction of sp³-hybridized carbons (Fsp3) is 0.391. The lowest BCUT2D eigenvalue weighted by atomic mass is 9.99. The van der Waals surface area contributed by atoms with Crippen molar-refractivity contribution < 1.29 is 13.2 Å². The van der Waals surface area contributed by atoms with Crippen molar-refractivity contribution in [3.63, 3.8) is 0 Å². The number of fused-ring (bicyclic) bond motifs is 1. The summed E-state index contributed by atoms with van der Waals surface area (Å²) in [7, 11) is 0. The number of piperidine rings is 1. The lowest BCUT2D eigenvalue weighted by Crippen LogP contribution is -2.38. The third kappa shape index (κ3) is 3.88. The molecule has 3 aromatic heterocycles. The highest BCUT2D eigenvalue weighted by Crippen LogP contribution is 2.39. The van der Waals surface area contributed by atoms with E-state index in [1.807, 2.05) is 25.1 Å². The van der Waals surface area contributed by atoms with Gasteiger partial charge in [-0.25, -0.2) is 28.7 Å². The first-order valence-electron chi connectivity index (χ1n) is 10.7. The molecule has 0 bridgehead atoms. The summed E-state index contributed by atoms with van der Waals surface area (Å²) < 4.78 is 34.4. The Hall–Kier alpha value is -3.20. The van der Waals surface area contributed by atoms with E-state index in [1.165, 1.54) is 12.6 Å². The van der Waals surface area contributed by atoms with E-state index < -0.39 is 5.92 Å². The number of allylic oxidation sites excluding steroid dienone is 1. The summed E-state index contributed by atoms with van der Waals surface area (Å²) in [5.74, 6) is -2.11. The Morgan fingerprint density at radius 1 is 1.22 bits per heavy atom. The molecule has 0 spiro atoms. The van der Waals surface area contributed by atoms with E-state index in [0.29, 0.717) is 29.4 Å². The first-order valence-corrected chi connectivity index (χ1v) is 10.7. The zero-order chi connectivity index (χ0) is 22.3. The van der Waals surface area contributed by atoms with E-state index in [2.05, 4.69) is 25.6 Å². The van der Waals surface area contributed by atoms with Gasteiger partial charge in [0.2, 0.25) is 5.95 Å². The average Bonchev–Trinajstić information content (AvgIpc) is 3.39. The summed E-state index contributed by atoms with van der Waals surface area (Å²) in [5, 5.41) is 6.61. The molecule has 3 aromatic rings. The number of oxazole rings is 1. The Kier molecular flexibility index (Phi) is 5.21. The topological polar surface area (TPSA) is 88.8 Å². The second-order valence-corrected chi connectivity index (χ2v) is 8.31. The standard InChI is InChI=1S/C23H24F2N6O/c1-13-21(32-12-28-13)19-8-5-15-16(6-7-18(15)30-19)20-17(23(2,24)25)11-27-22(31-20)29-14-4-3-9-26-10-14/h5-6,8,11-12,14,26H,3-4,7,9-10H2,1-2H3,(H,27,29,31)/t14-/m0/s1. The van der Waals surface area contributed by atoms with Crippen LogP contribution in [0.3, 0.4) is 0 Å². The molecule has 1 aliphatic heterocycles. The zero-order valence-corrected chi connectivity index (χ0v) is 18.0. The minimum absolute atomic E-state index is 0.170. The molecule has 0 radical (unpaired) electrons. The quantitative estimate of drug-likeness (QED) is 0.620. The van der Waals surface area contributed by atoms with Gasteiger partial charge in [0.1, 0.15) is 5.69 Å². The predicted molar refractivity (Wildman–Crippen MR) is 116 cm³/mol. The second-order valence-electron chi connectivity index (χ2n) is 8.31. The van der Waals surface area contributed by atoms with Gasteiger partial charge in [-0.1, -0.05) is 12.1 Å². The molecule has 0 unspecified atom stereocenters. The lowest BCUT2D eigenvalue weighted by Gasteiger charge is -2.24. The first-order chi connectivity index (χ1) is 15.4. The lowest BCUT2D eigenvalue weighted by molar-refractivity contribution is 0.0165. The molecule has 1 saturated heterocycles. The number of hydrogen-bond acceptors (Lipinski definition) is 7. The number of pyridine rings is 1.